The number of sulfonamides is 1. The van der Waals surface area contributed by atoms with Crippen LogP contribution < -0.4 is 4.72 Å². The van der Waals surface area contributed by atoms with E-state index >= 15 is 0 Å². The van der Waals surface area contributed by atoms with Crippen molar-refractivity contribution in [1.82, 2.24) is 4.72 Å². The summed E-state index contributed by atoms with van der Waals surface area (Å²) in [6, 6.07) is 3.16. The zero-order valence-electron chi connectivity index (χ0n) is 15.5. The molecule has 0 aromatic heterocycles. The van der Waals surface area contributed by atoms with Crippen molar-refractivity contribution in [3.05, 3.63) is 39.4 Å². The fourth-order valence-electron chi connectivity index (χ4n) is 2.72. The molecule has 0 unspecified atom stereocenters. The summed E-state index contributed by atoms with van der Waals surface area (Å²) < 4.78 is 33.5. The quantitative estimate of drug-likeness (QED) is 0.526. The first-order valence-electron chi connectivity index (χ1n) is 8.09. The van der Waals surface area contributed by atoms with Crippen LogP contribution >= 0.6 is 15.9 Å². The Morgan fingerprint density at radius 2 is 1.80 bits per heavy atom. The molecule has 0 radical (unpaired) electrons. The lowest BCUT2D eigenvalue weighted by Gasteiger charge is -2.23. The standard InChI is InChI=1S/C18H26BrNO4S/c1-7-12(3)16(10-15(19)18(21)24-6)20-25(22,23)17-13(4)8-11(2)9-14(17)5/h8-10,12,16,20H,7H2,1-6H3/b15-10-/t12-,16+/m0/s1. The first kappa shape index (κ1) is 21.9. The van der Waals surface area contributed by atoms with Crippen LogP contribution in [0.3, 0.4) is 0 Å². The zero-order valence-corrected chi connectivity index (χ0v) is 17.9. The Morgan fingerprint density at radius 1 is 1.28 bits per heavy atom. The van der Waals surface area contributed by atoms with Crippen LogP contribution in [-0.4, -0.2) is 27.5 Å². The van der Waals surface area contributed by atoms with Gasteiger partial charge in [-0.05, 0) is 59.8 Å². The molecule has 0 fully saturated rings. The van der Waals surface area contributed by atoms with E-state index in [4.69, 9.17) is 0 Å². The van der Waals surface area contributed by atoms with Gasteiger partial charge in [0, 0.05) is 6.04 Å². The maximum Gasteiger partial charge on any atom is 0.344 e. The summed E-state index contributed by atoms with van der Waals surface area (Å²) >= 11 is 3.16. The highest BCUT2D eigenvalue weighted by molar-refractivity contribution is 9.12. The molecule has 0 heterocycles. The molecule has 1 aromatic carbocycles. The van der Waals surface area contributed by atoms with Crippen LogP contribution in [0.15, 0.2) is 27.6 Å². The maximum absolute atomic E-state index is 13.0. The molecule has 0 bridgehead atoms. The van der Waals surface area contributed by atoms with Crippen LogP contribution in [-0.2, 0) is 19.6 Å². The van der Waals surface area contributed by atoms with Gasteiger partial charge in [-0.2, -0.15) is 0 Å². The maximum atomic E-state index is 13.0. The number of hydrogen-bond acceptors (Lipinski definition) is 4. The molecular weight excluding hydrogens is 406 g/mol. The second-order valence-corrected chi connectivity index (χ2v) is 8.77. The van der Waals surface area contributed by atoms with E-state index in [1.54, 1.807) is 19.9 Å². The van der Waals surface area contributed by atoms with Crippen molar-refractivity contribution >= 4 is 31.9 Å². The molecule has 25 heavy (non-hydrogen) atoms. The minimum Gasteiger partial charge on any atom is -0.465 e. The van der Waals surface area contributed by atoms with Gasteiger partial charge in [-0.1, -0.05) is 38.0 Å². The molecular formula is C18H26BrNO4S. The van der Waals surface area contributed by atoms with Crippen molar-refractivity contribution in [2.45, 2.75) is 52.0 Å². The molecule has 1 aromatic rings. The molecule has 7 heteroatoms. The van der Waals surface area contributed by atoms with Gasteiger partial charge in [0.15, 0.2) is 0 Å². The third kappa shape index (κ3) is 5.66. The third-order valence-corrected chi connectivity index (χ3v) is 6.48. The normalized spacial score (nSPS) is 14.9. The number of aryl methyl sites for hydroxylation is 3. The van der Waals surface area contributed by atoms with E-state index in [1.807, 2.05) is 32.9 Å². The van der Waals surface area contributed by atoms with Gasteiger partial charge in [-0.15, -0.1) is 0 Å². The largest absolute Gasteiger partial charge is 0.465 e. The highest BCUT2D eigenvalue weighted by Gasteiger charge is 2.26. The Labute approximate surface area is 159 Å². The average molecular weight is 432 g/mol. The van der Waals surface area contributed by atoms with Crippen molar-refractivity contribution < 1.29 is 17.9 Å². The first-order valence-corrected chi connectivity index (χ1v) is 10.4. The monoisotopic (exact) mass is 431 g/mol. The Hall–Kier alpha value is -1.18. The highest BCUT2D eigenvalue weighted by atomic mass is 79.9. The van der Waals surface area contributed by atoms with Gasteiger partial charge in [0.05, 0.1) is 12.0 Å². The predicted octanol–water partition coefficient (Wildman–Crippen LogP) is 3.76. The number of rotatable bonds is 7. The van der Waals surface area contributed by atoms with E-state index in [0.29, 0.717) is 11.1 Å². The summed E-state index contributed by atoms with van der Waals surface area (Å²) in [5, 5.41) is 0. The molecule has 0 aliphatic heterocycles. The fourth-order valence-corrected chi connectivity index (χ4v) is 4.91. The molecule has 0 amide bonds. The lowest BCUT2D eigenvalue weighted by molar-refractivity contribution is -0.135. The van der Waals surface area contributed by atoms with Crippen molar-refractivity contribution in [1.29, 1.82) is 0 Å². The van der Waals surface area contributed by atoms with Crippen LogP contribution in [0.4, 0.5) is 0 Å². The molecule has 140 valence electrons. The van der Waals surface area contributed by atoms with Crippen molar-refractivity contribution in [2.75, 3.05) is 7.11 Å². The van der Waals surface area contributed by atoms with Gasteiger partial charge in [-0.3, -0.25) is 0 Å². The molecule has 1 N–H and O–H groups in total. The number of nitrogens with one attached hydrogen (secondary N) is 1. The number of ether oxygens (including phenoxy) is 1. The van der Waals surface area contributed by atoms with Gasteiger partial charge in [0.1, 0.15) is 4.48 Å². The lowest BCUT2D eigenvalue weighted by atomic mass is 10.00. The van der Waals surface area contributed by atoms with Crippen molar-refractivity contribution in [3.8, 4) is 0 Å². The summed E-state index contributed by atoms with van der Waals surface area (Å²) in [6.45, 7) is 9.40. The van der Waals surface area contributed by atoms with E-state index in [9.17, 15) is 13.2 Å². The second kappa shape index (κ2) is 8.96. The fraction of sp³-hybridized carbons (Fsp3) is 0.500. The minimum absolute atomic E-state index is 0.00181. The average Bonchev–Trinajstić information content (AvgIpc) is 2.50. The summed E-state index contributed by atoms with van der Waals surface area (Å²) in [4.78, 5) is 11.9. The van der Waals surface area contributed by atoms with Crippen LogP contribution in [0.1, 0.15) is 37.0 Å². The van der Waals surface area contributed by atoms with Gasteiger partial charge < -0.3 is 4.74 Å². The number of methoxy groups -OCH3 is 1. The lowest BCUT2D eigenvalue weighted by Crippen LogP contribution is -2.38. The Bertz CT molecular complexity index is 748. The van der Waals surface area contributed by atoms with Crippen molar-refractivity contribution in [2.24, 2.45) is 5.92 Å². The summed E-state index contributed by atoms with van der Waals surface area (Å²) in [5.74, 6) is -0.548. The molecule has 2 atom stereocenters. The Balaban J connectivity index is 3.30. The predicted molar refractivity (Wildman–Crippen MR) is 103 cm³/mol. The molecule has 0 aliphatic rings. The van der Waals surface area contributed by atoms with E-state index in [2.05, 4.69) is 25.4 Å². The zero-order chi connectivity index (χ0) is 19.4. The Morgan fingerprint density at radius 3 is 2.24 bits per heavy atom. The van der Waals surface area contributed by atoms with E-state index in [1.165, 1.54) is 7.11 Å². The van der Waals surface area contributed by atoms with Gasteiger partial charge in [0.2, 0.25) is 10.0 Å². The number of carbonyl (C=O) groups is 1. The molecule has 5 nitrogen and oxygen atoms in total. The first-order chi connectivity index (χ1) is 11.5. The molecule has 1 rings (SSSR count). The van der Waals surface area contributed by atoms with E-state index in [-0.39, 0.29) is 15.3 Å². The van der Waals surface area contributed by atoms with Gasteiger partial charge in [-0.25, -0.2) is 17.9 Å². The van der Waals surface area contributed by atoms with E-state index in [0.717, 1.165) is 12.0 Å². The third-order valence-electron chi connectivity index (χ3n) is 4.13. The number of benzene rings is 1. The Kier molecular flexibility index (Phi) is 7.84. The topological polar surface area (TPSA) is 72.5 Å². The number of halogens is 1. The summed E-state index contributed by atoms with van der Waals surface area (Å²) in [6.07, 6.45) is 2.30. The summed E-state index contributed by atoms with van der Waals surface area (Å²) in [7, 11) is -2.46. The van der Waals surface area contributed by atoms with Gasteiger partial charge in [0.25, 0.3) is 0 Å². The molecule has 0 saturated carbocycles. The SMILES string of the molecule is CC[C@H](C)[C@@H](/C=C(\Br)C(=O)OC)NS(=O)(=O)c1c(C)cc(C)cc1C. The van der Waals surface area contributed by atoms with Crippen molar-refractivity contribution in [3.63, 3.8) is 0 Å². The second-order valence-electron chi connectivity index (χ2n) is 6.27. The van der Waals surface area contributed by atoms with E-state index < -0.39 is 22.0 Å². The number of esters is 1. The smallest absolute Gasteiger partial charge is 0.344 e. The highest BCUT2D eigenvalue weighted by Crippen LogP contribution is 2.24. The van der Waals surface area contributed by atoms with Crippen LogP contribution in [0.25, 0.3) is 0 Å². The summed E-state index contributed by atoms with van der Waals surface area (Å²) in [5.41, 5.74) is 2.41. The molecule has 0 saturated heterocycles. The number of hydrogen-bond donors (Lipinski definition) is 1. The molecule has 0 aliphatic carbocycles. The van der Waals surface area contributed by atoms with Crippen LogP contribution in [0.5, 0.6) is 0 Å². The molecule has 0 spiro atoms. The number of carbonyl (C=O) groups excluding carboxylic acids is 1. The van der Waals surface area contributed by atoms with Gasteiger partial charge >= 0.3 is 5.97 Å². The van der Waals surface area contributed by atoms with Crippen LogP contribution in [0, 0.1) is 26.7 Å². The van der Waals surface area contributed by atoms with Crippen LogP contribution in [0.2, 0.25) is 0 Å². The minimum atomic E-state index is -3.74.